The first-order valence-corrected chi connectivity index (χ1v) is 12.2. The van der Waals surface area contributed by atoms with Gasteiger partial charge in [-0.1, -0.05) is 70.9 Å². The first kappa shape index (κ1) is 23.0. The number of carbonyl (C=O) groups excluding carboxylic acids is 1. The van der Waals surface area contributed by atoms with Crippen molar-refractivity contribution < 1.29 is 13.2 Å². The van der Waals surface area contributed by atoms with Crippen LogP contribution in [0.25, 0.3) is 0 Å². The minimum Gasteiger partial charge on any atom is -0.348 e. The smallest absolute Gasteiger partial charge is 0.264 e. The van der Waals surface area contributed by atoms with Gasteiger partial charge in [-0.3, -0.25) is 9.10 Å². The molecule has 0 fully saturated rings. The van der Waals surface area contributed by atoms with Gasteiger partial charge in [0.2, 0.25) is 5.91 Å². The number of anilines is 1. The number of hydrogen-bond acceptors (Lipinski definition) is 3. The molecule has 0 aromatic heterocycles. The van der Waals surface area contributed by atoms with E-state index >= 15 is 0 Å². The zero-order chi connectivity index (χ0) is 22.4. The summed E-state index contributed by atoms with van der Waals surface area (Å²) in [4.78, 5) is 13.1. The highest BCUT2D eigenvalue weighted by Crippen LogP contribution is 2.26. The summed E-state index contributed by atoms with van der Waals surface area (Å²) in [6, 6.07) is 22.9. The number of sulfonamides is 1. The minimum absolute atomic E-state index is 0.143. The summed E-state index contributed by atoms with van der Waals surface area (Å²) in [5.41, 5.74) is 2.36. The highest BCUT2D eigenvalue weighted by molar-refractivity contribution is 9.10. The van der Waals surface area contributed by atoms with E-state index in [1.807, 2.05) is 44.2 Å². The molecule has 0 radical (unpaired) electrons. The largest absolute Gasteiger partial charge is 0.348 e. The number of nitrogens with zero attached hydrogens (tertiary/aromatic N) is 1. The fraction of sp³-hybridized carbons (Fsp3) is 0.208. The molecule has 3 rings (SSSR count). The van der Waals surface area contributed by atoms with Crippen molar-refractivity contribution in [2.24, 2.45) is 0 Å². The Hall–Kier alpha value is -2.64. The quantitative estimate of drug-likeness (QED) is 0.460. The van der Waals surface area contributed by atoms with E-state index in [1.165, 1.54) is 0 Å². The fourth-order valence-electron chi connectivity index (χ4n) is 3.24. The molecule has 1 amide bonds. The zero-order valence-corrected chi connectivity index (χ0v) is 19.9. The summed E-state index contributed by atoms with van der Waals surface area (Å²) in [6.45, 7) is 3.56. The van der Waals surface area contributed by atoms with Crippen LogP contribution in [0.3, 0.4) is 0 Å². The van der Waals surface area contributed by atoms with E-state index < -0.39 is 10.0 Å². The molecule has 0 aliphatic rings. The number of amides is 1. The van der Waals surface area contributed by atoms with Gasteiger partial charge in [-0.2, -0.15) is 0 Å². The number of halogens is 1. The van der Waals surface area contributed by atoms with Crippen LogP contribution in [0.5, 0.6) is 0 Å². The van der Waals surface area contributed by atoms with Crippen molar-refractivity contribution in [2.45, 2.75) is 31.2 Å². The summed E-state index contributed by atoms with van der Waals surface area (Å²) in [7, 11) is -3.93. The lowest BCUT2D eigenvalue weighted by Gasteiger charge is -2.26. The Kier molecular flexibility index (Phi) is 7.51. The molecule has 0 unspecified atom stereocenters. The third-order valence-corrected chi connectivity index (χ3v) is 7.27. The fourth-order valence-corrected chi connectivity index (χ4v) is 4.92. The molecule has 0 bridgehead atoms. The number of rotatable bonds is 8. The maximum atomic E-state index is 13.4. The molecule has 0 heterocycles. The van der Waals surface area contributed by atoms with Gasteiger partial charge in [0, 0.05) is 4.47 Å². The topological polar surface area (TPSA) is 66.5 Å². The Morgan fingerprint density at radius 1 is 0.968 bits per heavy atom. The van der Waals surface area contributed by atoms with Crippen molar-refractivity contribution in [3.05, 3.63) is 94.5 Å². The summed E-state index contributed by atoms with van der Waals surface area (Å²) >= 11 is 3.37. The molecule has 1 atom stereocenters. The zero-order valence-electron chi connectivity index (χ0n) is 17.5. The number of nitrogens with one attached hydrogen (secondary N) is 1. The predicted molar refractivity (Wildman–Crippen MR) is 127 cm³/mol. The molecule has 0 spiro atoms. The van der Waals surface area contributed by atoms with Crippen LogP contribution in [-0.2, 0) is 14.8 Å². The Morgan fingerprint density at radius 3 is 2.16 bits per heavy atom. The first-order valence-electron chi connectivity index (χ1n) is 10.0. The van der Waals surface area contributed by atoms with Crippen LogP contribution in [-0.4, -0.2) is 20.9 Å². The summed E-state index contributed by atoms with van der Waals surface area (Å²) < 4.78 is 28.8. The van der Waals surface area contributed by atoms with Crippen molar-refractivity contribution >= 4 is 37.5 Å². The lowest BCUT2D eigenvalue weighted by molar-refractivity contribution is -0.120. The van der Waals surface area contributed by atoms with Gasteiger partial charge in [0.25, 0.3) is 10.0 Å². The van der Waals surface area contributed by atoms with Gasteiger partial charge in [0.1, 0.15) is 6.54 Å². The normalized spacial score (nSPS) is 12.2. The Morgan fingerprint density at radius 2 is 1.58 bits per heavy atom. The lowest BCUT2D eigenvalue weighted by atomic mass is 10.0. The van der Waals surface area contributed by atoms with Gasteiger partial charge in [0.15, 0.2) is 0 Å². The third-order valence-electron chi connectivity index (χ3n) is 4.96. The molecule has 3 aromatic carbocycles. The second kappa shape index (κ2) is 10.1. The van der Waals surface area contributed by atoms with Crippen molar-refractivity contribution in [1.29, 1.82) is 0 Å². The number of hydrogen-bond donors (Lipinski definition) is 1. The minimum atomic E-state index is -3.93. The first-order chi connectivity index (χ1) is 14.8. The van der Waals surface area contributed by atoms with E-state index in [1.54, 1.807) is 48.5 Å². The Bertz CT molecular complexity index is 1120. The second-order valence-corrected chi connectivity index (χ2v) is 10.0. The molecule has 0 saturated heterocycles. The molecule has 5 nitrogen and oxygen atoms in total. The van der Waals surface area contributed by atoms with Crippen molar-refractivity contribution in [3.8, 4) is 0 Å². The van der Waals surface area contributed by atoms with Gasteiger partial charge in [-0.05, 0) is 55.3 Å². The van der Waals surface area contributed by atoms with Crippen LogP contribution in [0.4, 0.5) is 5.69 Å². The number of aryl methyl sites for hydroxylation is 1. The SMILES string of the molecule is CC[C@H](NC(=O)CN(c1ccc(Br)cc1)S(=O)(=O)c1ccc(C)cc1)c1ccccc1. The average Bonchev–Trinajstić information content (AvgIpc) is 2.77. The maximum Gasteiger partial charge on any atom is 0.264 e. The second-order valence-electron chi connectivity index (χ2n) is 7.24. The summed E-state index contributed by atoms with van der Waals surface area (Å²) in [5, 5.41) is 2.97. The molecule has 3 aromatic rings. The van der Waals surface area contributed by atoms with E-state index in [0.717, 1.165) is 19.9 Å². The van der Waals surface area contributed by atoms with E-state index in [2.05, 4.69) is 21.2 Å². The summed E-state index contributed by atoms with van der Waals surface area (Å²) in [5.74, 6) is -0.366. The molecule has 162 valence electrons. The number of benzene rings is 3. The molecule has 7 heteroatoms. The monoisotopic (exact) mass is 500 g/mol. The van der Waals surface area contributed by atoms with Crippen LogP contribution in [0, 0.1) is 6.92 Å². The molecule has 0 aliphatic carbocycles. The van der Waals surface area contributed by atoms with Crippen molar-refractivity contribution in [3.63, 3.8) is 0 Å². The standard InChI is InChI=1S/C24H25BrN2O3S/c1-3-23(19-7-5-4-6-8-19)26-24(28)17-27(21-13-11-20(25)12-14-21)31(29,30)22-15-9-18(2)10-16-22/h4-16,23H,3,17H2,1-2H3,(H,26,28)/t23-/m0/s1. The summed E-state index contributed by atoms with van der Waals surface area (Å²) in [6.07, 6.45) is 0.693. The van der Waals surface area contributed by atoms with Crippen LogP contribution < -0.4 is 9.62 Å². The van der Waals surface area contributed by atoms with E-state index in [4.69, 9.17) is 0 Å². The molecule has 0 aliphatic heterocycles. The van der Waals surface area contributed by atoms with Crippen molar-refractivity contribution in [2.75, 3.05) is 10.8 Å². The average molecular weight is 501 g/mol. The van der Waals surface area contributed by atoms with E-state index in [-0.39, 0.29) is 23.4 Å². The molecule has 0 saturated carbocycles. The lowest BCUT2D eigenvalue weighted by Crippen LogP contribution is -2.42. The Balaban J connectivity index is 1.90. The molecular weight excluding hydrogens is 476 g/mol. The van der Waals surface area contributed by atoms with Gasteiger partial charge >= 0.3 is 0 Å². The van der Waals surface area contributed by atoms with E-state index in [0.29, 0.717) is 12.1 Å². The molecule has 1 N–H and O–H groups in total. The number of carbonyl (C=O) groups is 1. The third kappa shape index (κ3) is 5.74. The van der Waals surface area contributed by atoms with E-state index in [9.17, 15) is 13.2 Å². The van der Waals surface area contributed by atoms with Gasteiger partial charge < -0.3 is 5.32 Å². The van der Waals surface area contributed by atoms with Gasteiger partial charge in [-0.15, -0.1) is 0 Å². The molecular formula is C24H25BrN2O3S. The highest BCUT2D eigenvalue weighted by Gasteiger charge is 2.28. The predicted octanol–water partition coefficient (Wildman–Crippen LogP) is 5.22. The van der Waals surface area contributed by atoms with Gasteiger partial charge in [-0.25, -0.2) is 8.42 Å². The Labute approximate surface area is 192 Å². The van der Waals surface area contributed by atoms with Crippen LogP contribution in [0.1, 0.15) is 30.5 Å². The molecule has 31 heavy (non-hydrogen) atoms. The highest BCUT2D eigenvalue weighted by atomic mass is 79.9. The van der Waals surface area contributed by atoms with Crippen LogP contribution in [0.2, 0.25) is 0 Å². The maximum absolute atomic E-state index is 13.4. The van der Waals surface area contributed by atoms with Crippen LogP contribution >= 0.6 is 15.9 Å². The van der Waals surface area contributed by atoms with Crippen LogP contribution in [0.15, 0.2) is 88.2 Å². The van der Waals surface area contributed by atoms with Crippen molar-refractivity contribution in [1.82, 2.24) is 5.32 Å². The van der Waals surface area contributed by atoms with Gasteiger partial charge in [0.05, 0.1) is 16.6 Å².